The number of sulfonamides is 1. The molecule has 0 aliphatic carbocycles. The summed E-state index contributed by atoms with van der Waals surface area (Å²) in [6.07, 6.45) is -3.01. The van der Waals surface area contributed by atoms with Crippen molar-refractivity contribution in [2.75, 3.05) is 19.3 Å². The molecular formula is C17H23N5O6S. The molecule has 12 heteroatoms. The summed E-state index contributed by atoms with van der Waals surface area (Å²) >= 11 is 0. The minimum Gasteiger partial charge on any atom is -0.387 e. The van der Waals surface area contributed by atoms with Crippen LogP contribution in [0, 0.1) is 0 Å². The van der Waals surface area contributed by atoms with Gasteiger partial charge in [-0.15, -0.1) is 0 Å². The molecule has 1 aromatic carbocycles. The number of aliphatic hydroxyl groups excluding tert-OH is 2. The highest BCUT2D eigenvalue weighted by molar-refractivity contribution is 7.89. The molecule has 1 aliphatic rings. The number of nitrogens with two attached hydrogens (primary N) is 1. The van der Waals surface area contributed by atoms with Gasteiger partial charge in [0.2, 0.25) is 10.0 Å². The number of ether oxygens (including phenoxy) is 1. The summed E-state index contributed by atoms with van der Waals surface area (Å²) in [5.41, 5.74) is 5.59. The zero-order valence-electron chi connectivity index (χ0n) is 15.6. The summed E-state index contributed by atoms with van der Waals surface area (Å²) in [7, 11) is -2.15. The van der Waals surface area contributed by atoms with Crippen molar-refractivity contribution in [2.24, 2.45) is 0 Å². The van der Waals surface area contributed by atoms with E-state index in [0.717, 1.165) is 10.1 Å². The molecule has 1 fully saturated rings. The second-order valence-corrected chi connectivity index (χ2v) is 8.46. The fourth-order valence-electron chi connectivity index (χ4n) is 3.01. The van der Waals surface area contributed by atoms with E-state index in [4.69, 9.17) is 10.5 Å². The molecule has 29 heavy (non-hydrogen) atoms. The van der Waals surface area contributed by atoms with E-state index in [2.05, 4.69) is 15.0 Å². The van der Waals surface area contributed by atoms with Crippen LogP contribution in [0.2, 0.25) is 0 Å². The predicted molar refractivity (Wildman–Crippen MR) is 103 cm³/mol. The Hall–Kier alpha value is -2.35. The number of nitrogen functional groups attached to an aromatic ring is 1. The van der Waals surface area contributed by atoms with Gasteiger partial charge in [-0.1, -0.05) is 12.1 Å². The Labute approximate surface area is 167 Å². The maximum atomic E-state index is 11.9. The van der Waals surface area contributed by atoms with E-state index in [1.807, 2.05) is 0 Å². The Morgan fingerprint density at radius 2 is 1.90 bits per heavy atom. The van der Waals surface area contributed by atoms with Gasteiger partial charge in [-0.05, 0) is 30.8 Å². The van der Waals surface area contributed by atoms with Gasteiger partial charge in [0.1, 0.15) is 24.1 Å². The molecular weight excluding hydrogens is 402 g/mol. The van der Waals surface area contributed by atoms with Gasteiger partial charge in [-0.3, -0.25) is 4.57 Å². The Balaban J connectivity index is 1.59. The Morgan fingerprint density at radius 1 is 1.21 bits per heavy atom. The molecule has 2 aromatic rings. The normalized spacial score (nSPS) is 24.7. The van der Waals surface area contributed by atoms with E-state index in [1.54, 1.807) is 12.1 Å². The van der Waals surface area contributed by atoms with Crippen LogP contribution in [-0.4, -0.2) is 60.1 Å². The number of aromatic nitrogens is 2. The fourth-order valence-corrected chi connectivity index (χ4v) is 3.74. The number of hydrogen-bond acceptors (Lipinski definition) is 9. The summed E-state index contributed by atoms with van der Waals surface area (Å²) in [5.74, 6) is 0.0473. The molecule has 0 spiro atoms. The molecule has 2 heterocycles. The maximum absolute atomic E-state index is 11.9. The van der Waals surface area contributed by atoms with Crippen molar-refractivity contribution < 1.29 is 23.4 Å². The van der Waals surface area contributed by atoms with Gasteiger partial charge in [-0.2, -0.15) is 4.98 Å². The number of anilines is 1. The third-order valence-corrected chi connectivity index (χ3v) is 6.07. The fraction of sp³-hybridized carbons (Fsp3) is 0.412. The molecule has 6 N–H and O–H groups in total. The van der Waals surface area contributed by atoms with Crippen molar-refractivity contribution in [1.29, 1.82) is 0 Å². The van der Waals surface area contributed by atoms with E-state index in [9.17, 15) is 23.4 Å². The first-order valence-corrected chi connectivity index (χ1v) is 10.3. The number of hydrogen-bond donors (Lipinski definition) is 5. The highest BCUT2D eigenvalue weighted by Gasteiger charge is 2.43. The highest BCUT2D eigenvalue weighted by atomic mass is 32.2. The first kappa shape index (κ1) is 21.4. The molecule has 1 saturated heterocycles. The minimum atomic E-state index is -3.49. The summed E-state index contributed by atoms with van der Waals surface area (Å²) in [6.45, 7) is 0.582. The molecule has 1 aliphatic heterocycles. The van der Waals surface area contributed by atoms with E-state index in [0.29, 0.717) is 6.54 Å². The average Bonchev–Trinajstić information content (AvgIpc) is 2.97. The lowest BCUT2D eigenvalue weighted by molar-refractivity contribution is -0.0390. The molecule has 4 atom stereocenters. The molecule has 0 saturated carbocycles. The first-order chi connectivity index (χ1) is 13.7. The molecule has 158 valence electrons. The van der Waals surface area contributed by atoms with Crippen molar-refractivity contribution in [2.45, 2.75) is 36.0 Å². The van der Waals surface area contributed by atoms with Crippen LogP contribution in [0.4, 0.5) is 5.82 Å². The lowest BCUT2D eigenvalue weighted by atomic mass is 10.1. The molecule has 0 unspecified atom stereocenters. The number of aliphatic hydroxyl groups is 2. The van der Waals surface area contributed by atoms with Gasteiger partial charge in [0.15, 0.2) is 6.23 Å². The summed E-state index contributed by atoms with van der Waals surface area (Å²) in [4.78, 5) is 15.7. The topological polar surface area (TPSA) is 169 Å². The average molecular weight is 425 g/mol. The lowest BCUT2D eigenvalue weighted by Gasteiger charge is -2.17. The van der Waals surface area contributed by atoms with Gasteiger partial charge in [0, 0.05) is 19.3 Å². The van der Waals surface area contributed by atoms with Crippen LogP contribution in [0.5, 0.6) is 0 Å². The second kappa shape index (κ2) is 8.57. The second-order valence-electron chi connectivity index (χ2n) is 6.57. The van der Waals surface area contributed by atoms with Crippen molar-refractivity contribution in [1.82, 2.24) is 19.6 Å². The Kier molecular flexibility index (Phi) is 6.31. The third kappa shape index (κ3) is 4.63. The van der Waals surface area contributed by atoms with E-state index < -0.39 is 40.3 Å². The van der Waals surface area contributed by atoms with Gasteiger partial charge in [-0.25, -0.2) is 17.9 Å². The monoisotopic (exact) mass is 425 g/mol. The number of nitrogens with zero attached hydrogens (tertiary/aromatic N) is 2. The maximum Gasteiger partial charge on any atom is 0.351 e. The quantitative estimate of drug-likeness (QED) is 0.341. The van der Waals surface area contributed by atoms with E-state index in [1.165, 1.54) is 31.4 Å². The summed E-state index contributed by atoms with van der Waals surface area (Å²) in [6, 6.07) is 7.71. The van der Waals surface area contributed by atoms with Gasteiger partial charge in [0.05, 0.1) is 4.90 Å². The van der Waals surface area contributed by atoms with Crippen LogP contribution in [0.25, 0.3) is 0 Å². The minimum absolute atomic E-state index is 0.0473. The molecule has 0 bridgehead atoms. The molecule has 0 amide bonds. The number of benzene rings is 1. The molecule has 1 aromatic heterocycles. The van der Waals surface area contributed by atoms with Crippen LogP contribution in [-0.2, 0) is 21.3 Å². The summed E-state index contributed by atoms with van der Waals surface area (Å²) < 4.78 is 32.4. The largest absolute Gasteiger partial charge is 0.387 e. The highest BCUT2D eigenvalue weighted by Crippen LogP contribution is 2.28. The van der Waals surface area contributed by atoms with Crippen molar-refractivity contribution in [3.05, 3.63) is 52.6 Å². The predicted octanol–water partition coefficient (Wildman–Crippen LogP) is -1.86. The zero-order chi connectivity index (χ0) is 21.2. The van der Waals surface area contributed by atoms with Crippen molar-refractivity contribution in [3.8, 4) is 0 Å². The molecule has 3 rings (SSSR count). The number of nitrogens with one attached hydrogen (secondary N) is 2. The molecule has 11 nitrogen and oxygen atoms in total. The van der Waals surface area contributed by atoms with Crippen LogP contribution >= 0.6 is 0 Å². The zero-order valence-corrected chi connectivity index (χ0v) is 16.4. The van der Waals surface area contributed by atoms with Crippen LogP contribution in [0.1, 0.15) is 11.8 Å². The smallest absolute Gasteiger partial charge is 0.351 e. The third-order valence-electron chi connectivity index (χ3n) is 4.64. The SMILES string of the molecule is CNS(=O)(=O)c1ccc(CNC[C@H]2O[C@@H](n3ccc(N)nc3=O)[C@H](O)[C@@H]2O)cc1. The van der Waals surface area contributed by atoms with Crippen molar-refractivity contribution >= 4 is 15.8 Å². The first-order valence-electron chi connectivity index (χ1n) is 8.82. The van der Waals surface area contributed by atoms with Crippen LogP contribution in [0.3, 0.4) is 0 Å². The van der Waals surface area contributed by atoms with Gasteiger partial charge in [0.25, 0.3) is 0 Å². The van der Waals surface area contributed by atoms with Crippen LogP contribution in [0.15, 0.2) is 46.2 Å². The lowest BCUT2D eigenvalue weighted by Crippen LogP contribution is -2.38. The standard InChI is InChI=1S/C17H23N5O6S/c1-19-29(26,27)11-4-2-10(3-5-11)8-20-9-12-14(23)15(24)16(28-12)22-7-6-13(18)21-17(22)25/h2-7,12,14-16,19-20,23-24H,8-9H2,1H3,(H2,18,21,25)/t12-,14-,15-,16-/m1/s1. The Bertz CT molecular complexity index is 1010. The van der Waals surface area contributed by atoms with E-state index >= 15 is 0 Å². The number of rotatable bonds is 7. The van der Waals surface area contributed by atoms with Gasteiger partial charge < -0.3 is 26.0 Å². The van der Waals surface area contributed by atoms with Crippen LogP contribution < -0.4 is 21.5 Å². The van der Waals surface area contributed by atoms with Gasteiger partial charge >= 0.3 is 5.69 Å². The van der Waals surface area contributed by atoms with Crippen molar-refractivity contribution in [3.63, 3.8) is 0 Å². The molecule has 0 radical (unpaired) electrons. The summed E-state index contributed by atoms with van der Waals surface area (Å²) in [5, 5.41) is 23.6. The van der Waals surface area contributed by atoms with E-state index in [-0.39, 0.29) is 17.3 Å². The Morgan fingerprint density at radius 3 is 2.52 bits per heavy atom.